The van der Waals surface area contributed by atoms with Crippen LogP contribution in [0.15, 0.2) is 47.5 Å². The Hall–Kier alpha value is -2.20. The molecule has 1 amide bonds. The first-order valence-corrected chi connectivity index (χ1v) is 9.60. The molecule has 0 bridgehead atoms. The summed E-state index contributed by atoms with van der Waals surface area (Å²) in [5.41, 5.74) is 3.39. The van der Waals surface area contributed by atoms with Gasteiger partial charge in [-0.3, -0.25) is 9.79 Å². The Kier molecular flexibility index (Phi) is 11.3. The molecule has 0 aliphatic rings. The maximum absolute atomic E-state index is 13.9. The van der Waals surface area contributed by atoms with Gasteiger partial charge in [0.05, 0.1) is 0 Å². The lowest BCUT2D eigenvalue weighted by Gasteiger charge is -2.14. The number of nitrogens with zero attached hydrogens (tertiary/aromatic N) is 2. The molecule has 0 aromatic heterocycles. The van der Waals surface area contributed by atoms with Gasteiger partial charge < -0.3 is 20.9 Å². The van der Waals surface area contributed by atoms with Crippen LogP contribution < -0.4 is 16.0 Å². The molecule has 164 valence electrons. The highest BCUT2D eigenvalue weighted by atomic mass is 127. The van der Waals surface area contributed by atoms with E-state index in [2.05, 4.69) is 20.9 Å². The number of benzene rings is 2. The van der Waals surface area contributed by atoms with E-state index in [-0.39, 0.29) is 35.7 Å². The molecule has 30 heavy (non-hydrogen) atoms. The topological polar surface area (TPSA) is 68.8 Å². The third-order valence-corrected chi connectivity index (χ3v) is 4.40. The number of nitrogens with one attached hydrogen (secondary N) is 3. The van der Waals surface area contributed by atoms with E-state index in [0.717, 1.165) is 17.5 Å². The van der Waals surface area contributed by atoms with Gasteiger partial charge in [0.15, 0.2) is 5.96 Å². The van der Waals surface area contributed by atoms with Gasteiger partial charge in [0, 0.05) is 44.9 Å². The van der Waals surface area contributed by atoms with Gasteiger partial charge in [-0.15, -0.1) is 24.0 Å². The van der Waals surface area contributed by atoms with Gasteiger partial charge >= 0.3 is 0 Å². The maximum atomic E-state index is 13.9. The molecule has 0 saturated carbocycles. The average molecular weight is 527 g/mol. The molecule has 0 aliphatic heterocycles. The predicted octanol–water partition coefficient (Wildman–Crippen LogP) is 2.77. The Bertz CT molecular complexity index is 857. The van der Waals surface area contributed by atoms with Crippen molar-refractivity contribution >= 4 is 35.8 Å². The third kappa shape index (κ3) is 8.27. The summed E-state index contributed by atoms with van der Waals surface area (Å²) in [7, 11) is 7.17. The molecule has 0 heterocycles. The standard InChI is InChI=1S/C22H30FN5O.HI/c1-24-21(29)18-7-5-6-16(12-18)10-11-26-22(25-2)27-14-17-8-9-20(23)19(13-17)15-28(3)4;/h5-9,12-13H,10-11,14-15H2,1-4H3,(H,24,29)(H2,25,26,27);1H. The molecule has 0 radical (unpaired) electrons. The van der Waals surface area contributed by atoms with E-state index in [9.17, 15) is 9.18 Å². The minimum absolute atomic E-state index is 0. The summed E-state index contributed by atoms with van der Waals surface area (Å²) in [6, 6.07) is 12.7. The SMILES string of the molecule is CN=C(NCCc1cccc(C(=O)NC)c1)NCc1ccc(F)c(CN(C)C)c1.I. The minimum atomic E-state index is -0.191. The van der Waals surface area contributed by atoms with Crippen molar-refractivity contribution in [2.75, 3.05) is 34.7 Å². The molecule has 0 saturated heterocycles. The van der Waals surface area contributed by atoms with Crippen LogP contribution >= 0.6 is 24.0 Å². The number of halogens is 2. The second-order valence-corrected chi connectivity index (χ2v) is 7.05. The van der Waals surface area contributed by atoms with Crippen molar-refractivity contribution < 1.29 is 9.18 Å². The fourth-order valence-electron chi connectivity index (χ4n) is 2.94. The fraction of sp³-hybridized carbons (Fsp3) is 0.364. The van der Waals surface area contributed by atoms with Crippen molar-refractivity contribution in [3.8, 4) is 0 Å². The number of hydrogen-bond donors (Lipinski definition) is 3. The Morgan fingerprint density at radius 2 is 1.87 bits per heavy atom. The number of guanidine groups is 1. The molecule has 0 aliphatic carbocycles. The molecule has 0 fully saturated rings. The van der Waals surface area contributed by atoms with Crippen LogP contribution in [0, 0.1) is 5.82 Å². The summed E-state index contributed by atoms with van der Waals surface area (Å²) in [6.07, 6.45) is 0.759. The molecular weight excluding hydrogens is 496 g/mol. The van der Waals surface area contributed by atoms with E-state index < -0.39 is 0 Å². The van der Waals surface area contributed by atoms with Crippen LogP contribution in [0.1, 0.15) is 27.0 Å². The molecule has 2 aromatic carbocycles. The van der Waals surface area contributed by atoms with Crippen molar-refractivity contribution in [3.63, 3.8) is 0 Å². The normalized spacial score (nSPS) is 11.1. The van der Waals surface area contributed by atoms with Crippen LogP contribution in [0.3, 0.4) is 0 Å². The number of rotatable bonds is 8. The molecule has 2 rings (SSSR count). The average Bonchev–Trinajstić information content (AvgIpc) is 2.72. The summed E-state index contributed by atoms with van der Waals surface area (Å²) in [4.78, 5) is 17.9. The van der Waals surface area contributed by atoms with Gasteiger partial charge in [0.2, 0.25) is 0 Å². The van der Waals surface area contributed by atoms with Gasteiger partial charge in [-0.25, -0.2) is 4.39 Å². The first kappa shape index (κ1) is 25.8. The Labute approximate surface area is 195 Å². The van der Waals surface area contributed by atoms with Crippen molar-refractivity contribution in [2.24, 2.45) is 4.99 Å². The molecule has 0 atom stereocenters. The lowest BCUT2D eigenvalue weighted by Crippen LogP contribution is -2.37. The molecule has 3 N–H and O–H groups in total. The zero-order chi connectivity index (χ0) is 21.2. The lowest BCUT2D eigenvalue weighted by atomic mass is 10.1. The van der Waals surface area contributed by atoms with Gasteiger partial charge in [-0.2, -0.15) is 0 Å². The van der Waals surface area contributed by atoms with Gasteiger partial charge in [-0.05, 0) is 55.9 Å². The number of aliphatic imine (C=N–C) groups is 1. The molecule has 0 unspecified atom stereocenters. The van der Waals surface area contributed by atoms with E-state index in [4.69, 9.17) is 0 Å². The van der Waals surface area contributed by atoms with Gasteiger partial charge in [-0.1, -0.05) is 18.2 Å². The van der Waals surface area contributed by atoms with Crippen molar-refractivity contribution in [3.05, 3.63) is 70.5 Å². The summed E-state index contributed by atoms with van der Waals surface area (Å²) in [6.45, 7) is 1.78. The maximum Gasteiger partial charge on any atom is 0.251 e. The van der Waals surface area contributed by atoms with E-state index in [0.29, 0.717) is 36.7 Å². The Morgan fingerprint density at radius 3 is 2.53 bits per heavy atom. The summed E-state index contributed by atoms with van der Waals surface area (Å²) in [5, 5.41) is 9.15. The molecule has 2 aromatic rings. The first-order valence-electron chi connectivity index (χ1n) is 9.60. The van der Waals surface area contributed by atoms with E-state index >= 15 is 0 Å². The third-order valence-electron chi connectivity index (χ3n) is 4.40. The van der Waals surface area contributed by atoms with Crippen molar-refractivity contribution in [2.45, 2.75) is 19.5 Å². The highest BCUT2D eigenvalue weighted by Crippen LogP contribution is 2.12. The van der Waals surface area contributed by atoms with Crippen LogP contribution in [0.2, 0.25) is 0 Å². The Morgan fingerprint density at radius 1 is 1.10 bits per heavy atom. The predicted molar refractivity (Wildman–Crippen MR) is 131 cm³/mol. The summed E-state index contributed by atoms with van der Waals surface area (Å²) in [5.74, 6) is 0.389. The number of carbonyl (C=O) groups is 1. The second-order valence-electron chi connectivity index (χ2n) is 7.05. The molecule has 8 heteroatoms. The molecular formula is C22H31FIN5O. The van der Waals surface area contributed by atoms with Gasteiger partial charge in [0.1, 0.15) is 5.82 Å². The summed E-state index contributed by atoms with van der Waals surface area (Å²) >= 11 is 0. The van der Waals surface area contributed by atoms with E-state index in [1.165, 1.54) is 6.07 Å². The molecule has 6 nitrogen and oxygen atoms in total. The largest absolute Gasteiger partial charge is 0.356 e. The second kappa shape index (κ2) is 13.2. The van der Waals surface area contributed by atoms with Crippen molar-refractivity contribution in [1.29, 1.82) is 0 Å². The van der Waals surface area contributed by atoms with E-state index in [1.807, 2.05) is 43.3 Å². The fourth-order valence-corrected chi connectivity index (χ4v) is 2.94. The Balaban J connectivity index is 0.00000450. The quantitative estimate of drug-likeness (QED) is 0.281. The van der Waals surface area contributed by atoms with Crippen LogP contribution in [0.4, 0.5) is 4.39 Å². The van der Waals surface area contributed by atoms with Gasteiger partial charge in [0.25, 0.3) is 5.91 Å². The summed E-state index contributed by atoms with van der Waals surface area (Å²) < 4.78 is 13.9. The van der Waals surface area contributed by atoms with E-state index in [1.54, 1.807) is 26.2 Å². The van der Waals surface area contributed by atoms with Crippen LogP contribution in [-0.4, -0.2) is 51.5 Å². The lowest BCUT2D eigenvalue weighted by molar-refractivity contribution is 0.0963. The number of amides is 1. The number of hydrogen-bond acceptors (Lipinski definition) is 3. The molecule has 0 spiro atoms. The monoisotopic (exact) mass is 527 g/mol. The van der Waals surface area contributed by atoms with Crippen molar-refractivity contribution in [1.82, 2.24) is 20.9 Å². The highest BCUT2D eigenvalue weighted by molar-refractivity contribution is 14.0. The van der Waals surface area contributed by atoms with Crippen LogP contribution in [0.25, 0.3) is 0 Å². The zero-order valence-corrected chi connectivity index (χ0v) is 20.3. The van der Waals surface area contributed by atoms with Crippen LogP contribution in [0.5, 0.6) is 0 Å². The number of carbonyl (C=O) groups excluding carboxylic acids is 1. The highest BCUT2D eigenvalue weighted by Gasteiger charge is 2.07. The zero-order valence-electron chi connectivity index (χ0n) is 18.0. The minimum Gasteiger partial charge on any atom is -0.356 e. The van der Waals surface area contributed by atoms with Crippen LogP contribution in [-0.2, 0) is 19.5 Å². The smallest absolute Gasteiger partial charge is 0.251 e. The first-order chi connectivity index (χ1) is 13.9.